The van der Waals surface area contributed by atoms with Crippen molar-refractivity contribution in [2.24, 2.45) is 12.8 Å². The van der Waals surface area contributed by atoms with Crippen LogP contribution in [0.3, 0.4) is 0 Å². The molecule has 112 valence electrons. The predicted octanol–water partition coefficient (Wildman–Crippen LogP) is 1.12. The fourth-order valence-electron chi connectivity index (χ4n) is 2.10. The fraction of sp³-hybridized carbons (Fsp3) is 0.231. The van der Waals surface area contributed by atoms with E-state index in [9.17, 15) is 8.42 Å². The molecule has 2 aromatic rings. The molecule has 8 heteroatoms. The van der Waals surface area contributed by atoms with Gasteiger partial charge in [0.05, 0.1) is 11.4 Å². The third kappa shape index (κ3) is 2.89. The summed E-state index contributed by atoms with van der Waals surface area (Å²) < 4.78 is 29.0. The summed E-state index contributed by atoms with van der Waals surface area (Å²) in [6.07, 6.45) is 0. The maximum absolute atomic E-state index is 12.5. The van der Waals surface area contributed by atoms with E-state index >= 15 is 0 Å². The first-order chi connectivity index (χ1) is 9.72. The average molecular weight is 307 g/mol. The number of nitrogens with one attached hydrogen (secondary N) is 2. The smallest absolute Gasteiger partial charge is 0.265 e. The molecule has 0 unspecified atom stereocenters. The van der Waals surface area contributed by atoms with Crippen molar-refractivity contribution >= 4 is 21.5 Å². The number of sulfonamides is 1. The van der Waals surface area contributed by atoms with Crippen molar-refractivity contribution in [3.05, 3.63) is 41.2 Å². The molecule has 0 atom stereocenters. The molecule has 0 saturated carbocycles. The van der Waals surface area contributed by atoms with Gasteiger partial charge < -0.3 is 5.73 Å². The molecule has 1 aromatic heterocycles. The number of aromatic nitrogens is 2. The van der Waals surface area contributed by atoms with Crippen LogP contribution in [0.2, 0.25) is 0 Å². The van der Waals surface area contributed by atoms with Gasteiger partial charge >= 0.3 is 0 Å². The van der Waals surface area contributed by atoms with Gasteiger partial charge in [-0.05, 0) is 26.0 Å². The van der Waals surface area contributed by atoms with Crippen LogP contribution < -0.4 is 10.5 Å². The highest BCUT2D eigenvalue weighted by atomic mass is 32.2. The minimum atomic E-state index is -3.74. The van der Waals surface area contributed by atoms with Crippen molar-refractivity contribution in [1.82, 2.24) is 9.78 Å². The molecule has 4 N–H and O–H groups in total. The quantitative estimate of drug-likeness (QED) is 0.580. The van der Waals surface area contributed by atoms with Crippen molar-refractivity contribution in [3.63, 3.8) is 0 Å². The number of benzene rings is 1. The standard InChI is InChI=1S/C13H17N5O2S/c1-8-12(9(2)18(3)16-8)21(19,20)17-11-6-4-5-10(7-11)13(14)15/h4-7,17H,1-3H3,(H3,14,15). The molecule has 0 aliphatic rings. The van der Waals surface area contributed by atoms with Gasteiger partial charge in [-0.3, -0.25) is 14.8 Å². The SMILES string of the molecule is Cc1nn(C)c(C)c1S(=O)(=O)Nc1cccc(C(=N)N)c1. The van der Waals surface area contributed by atoms with E-state index in [-0.39, 0.29) is 10.7 Å². The molecule has 7 nitrogen and oxygen atoms in total. The molecule has 0 bridgehead atoms. The van der Waals surface area contributed by atoms with Gasteiger partial charge in [0.2, 0.25) is 0 Å². The Morgan fingerprint density at radius 3 is 2.57 bits per heavy atom. The van der Waals surface area contributed by atoms with Crippen molar-refractivity contribution in [2.75, 3.05) is 4.72 Å². The summed E-state index contributed by atoms with van der Waals surface area (Å²) in [5.41, 5.74) is 7.20. The highest BCUT2D eigenvalue weighted by Crippen LogP contribution is 2.22. The van der Waals surface area contributed by atoms with Crippen molar-refractivity contribution in [3.8, 4) is 0 Å². The highest BCUT2D eigenvalue weighted by molar-refractivity contribution is 7.92. The lowest BCUT2D eigenvalue weighted by atomic mass is 10.2. The van der Waals surface area contributed by atoms with Gasteiger partial charge in [0.25, 0.3) is 10.0 Å². The minimum absolute atomic E-state index is 0.121. The van der Waals surface area contributed by atoms with Crippen LogP contribution >= 0.6 is 0 Å². The van der Waals surface area contributed by atoms with Gasteiger partial charge in [-0.2, -0.15) is 5.10 Å². The van der Waals surface area contributed by atoms with E-state index in [1.165, 1.54) is 10.7 Å². The van der Waals surface area contributed by atoms with Gasteiger partial charge in [0.15, 0.2) is 0 Å². The van der Waals surface area contributed by atoms with Gasteiger partial charge in [0, 0.05) is 18.3 Å². The number of anilines is 1. The van der Waals surface area contributed by atoms with Crippen LogP contribution in [-0.4, -0.2) is 24.0 Å². The van der Waals surface area contributed by atoms with Crippen LogP contribution in [0, 0.1) is 19.3 Å². The number of aryl methyl sites for hydroxylation is 2. The molecule has 2 rings (SSSR count). The zero-order valence-electron chi connectivity index (χ0n) is 12.0. The van der Waals surface area contributed by atoms with E-state index in [1.807, 2.05) is 0 Å². The van der Waals surface area contributed by atoms with Crippen LogP contribution in [-0.2, 0) is 17.1 Å². The third-order valence-electron chi connectivity index (χ3n) is 3.14. The van der Waals surface area contributed by atoms with E-state index < -0.39 is 10.0 Å². The second kappa shape index (κ2) is 5.21. The molecule has 0 fully saturated rings. The Bertz CT molecular complexity index is 808. The second-order valence-electron chi connectivity index (χ2n) is 4.72. The molecule has 0 aliphatic heterocycles. The van der Waals surface area contributed by atoms with Crippen LogP contribution in [0.1, 0.15) is 17.0 Å². The van der Waals surface area contributed by atoms with Gasteiger partial charge in [-0.15, -0.1) is 0 Å². The van der Waals surface area contributed by atoms with E-state index in [4.69, 9.17) is 11.1 Å². The maximum atomic E-state index is 12.5. The zero-order chi connectivity index (χ0) is 15.8. The first-order valence-corrected chi connectivity index (χ1v) is 7.68. The summed E-state index contributed by atoms with van der Waals surface area (Å²) >= 11 is 0. The number of nitrogens with two attached hydrogens (primary N) is 1. The van der Waals surface area contributed by atoms with E-state index in [0.29, 0.717) is 22.6 Å². The number of rotatable bonds is 4. The number of nitrogen functional groups attached to an aromatic ring is 1. The summed E-state index contributed by atoms with van der Waals surface area (Å²) in [7, 11) is -2.05. The molecular formula is C13H17N5O2S. The maximum Gasteiger partial charge on any atom is 0.265 e. The van der Waals surface area contributed by atoms with Crippen LogP contribution in [0.5, 0.6) is 0 Å². The lowest BCUT2D eigenvalue weighted by molar-refractivity contribution is 0.599. The number of hydrogen-bond donors (Lipinski definition) is 3. The summed E-state index contributed by atoms with van der Waals surface area (Å²) in [6.45, 7) is 3.34. The summed E-state index contributed by atoms with van der Waals surface area (Å²) in [5, 5.41) is 11.5. The lowest BCUT2D eigenvalue weighted by Crippen LogP contribution is -2.16. The molecule has 1 heterocycles. The lowest BCUT2D eigenvalue weighted by Gasteiger charge is -2.09. The average Bonchev–Trinajstić information content (AvgIpc) is 2.63. The summed E-state index contributed by atoms with van der Waals surface area (Å²) in [4.78, 5) is 0.165. The Kier molecular flexibility index (Phi) is 3.73. The summed E-state index contributed by atoms with van der Waals surface area (Å²) in [5.74, 6) is -0.121. The Morgan fingerprint density at radius 2 is 2.05 bits per heavy atom. The van der Waals surface area contributed by atoms with Crippen molar-refractivity contribution in [1.29, 1.82) is 5.41 Å². The molecule has 0 aliphatic carbocycles. The monoisotopic (exact) mass is 307 g/mol. The Balaban J connectivity index is 2.42. The van der Waals surface area contributed by atoms with Gasteiger partial charge in [-0.25, -0.2) is 8.42 Å². The van der Waals surface area contributed by atoms with E-state index in [2.05, 4.69) is 9.82 Å². The fourth-order valence-corrected chi connectivity index (χ4v) is 3.59. The Hall–Kier alpha value is -2.35. The Labute approximate surface area is 123 Å². The largest absolute Gasteiger partial charge is 0.384 e. The molecule has 0 amide bonds. The highest BCUT2D eigenvalue weighted by Gasteiger charge is 2.23. The number of nitrogens with zero attached hydrogens (tertiary/aromatic N) is 2. The molecule has 0 radical (unpaired) electrons. The molecule has 0 saturated heterocycles. The topological polar surface area (TPSA) is 114 Å². The minimum Gasteiger partial charge on any atom is -0.384 e. The normalized spacial score (nSPS) is 11.4. The first kappa shape index (κ1) is 15.0. The predicted molar refractivity (Wildman–Crippen MR) is 80.9 cm³/mol. The molecule has 21 heavy (non-hydrogen) atoms. The molecular weight excluding hydrogens is 290 g/mol. The molecule has 0 spiro atoms. The number of hydrogen-bond acceptors (Lipinski definition) is 4. The summed E-state index contributed by atoms with van der Waals surface area (Å²) in [6, 6.07) is 6.39. The van der Waals surface area contributed by atoms with Crippen molar-refractivity contribution < 1.29 is 8.42 Å². The third-order valence-corrected chi connectivity index (χ3v) is 4.77. The van der Waals surface area contributed by atoms with Crippen LogP contribution in [0.4, 0.5) is 5.69 Å². The molecule has 1 aromatic carbocycles. The van der Waals surface area contributed by atoms with E-state index in [1.54, 1.807) is 39.1 Å². The van der Waals surface area contributed by atoms with Gasteiger partial charge in [-0.1, -0.05) is 12.1 Å². The zero-order valence-corrected chi connectivity index (χ0v) is 12.8. The first-order valence-electron chi connectivity index (χ1n) is 6.20. The van der Waals surface area contributed by atoms with Crippen LogP contribution in [0.15, 0.2) is 29.2 Å². The second-order valence-corrected chi connectivity index (χ2v) is 6.34. The van der Waals surface area contributed by atoms with E-state index in [0.717, 1.165) is 0 Å². The number of amidine groups is 1. The Morgan fingerprint density at radius 1 is 1.38 bits per heavy atom. The van der Waals surface area contributed by atoms with Crippen LogP contribution in [0.25, 0.3) is 0 Å². The van der Waals surface area contributed by atoms with Crippen molar-refractivity contribution in [2.45, 2.75) is 18.7 Å². The van der Waals surface area contributed by atoms with Gasteiger partial charge in [0.1, 0.15) is 10.7 Å².